The molecule has 3 rings (SSSR count). The monoisotopic (exact) mass is 746 g/mol. The SMILES string of the molecule is Cc1cc(C)c(-c2cccc([C@H](CC(=O)O)NC(=O)C(CCC(C)C)n3ccc(CCN(C)CCOCCOCCOCCN=[N+]=[N-])cc3=O)c2)c(C)c1. The van der Waals surface area contributed by atoms with Gasteiger partial charge in [-0.2, -0.15) is 0 Å². The molecular formula is C41H58N6O7. The number of carboxylic acid groups (broad SMARTS) is 1. The summed E-state index contributed by atoms with van der Waals surface area (Å²) in [4.78, 5) is 44.4. The summed E-state index contributed by atoms with van der Waals surface area (Å²) in [6.45, 7) is 14.7. The van der Waals surface area contributed by atoms with E-state index in [1.54, 1.807) is 12.3 Å². The van der Waals surface area contributed by atoms with Crippen LogP contribution in [0.4, 0.5) is 0 Å². The fourth-order valence-electron chi connectivity index (χ4n) is 6.42. The largest absolute Gasteiger partial charge is 0.481 e. The van der Waals surface area contributed by atoms with Gasteiger partial charge in [0, 0.05) is 36.8 Å². The predicted octanol–water partition coefficient (Wildman–Crippen LogP) is 6.58. The van der Waals surface area contributed by atoms with Crippen LogP contribution in [0.3, 0.4) is 0 Å². The maximum Gasteiger partial charge on any atom is 0.305 e. The molecule has 0 aliphatic heterocycles. The average Bonchev–Trinajstić information content (AvgIpc) is 3.11. The van der Waals surface area contributed by atoms with Crippen molar-refractivity contribution >= 4 is 11.9 Å². The van der Waals surface area contributed by atoms with Crippen molar-refractivity contribution in [2.75, 3.05) is 66.3 Å². The van der Waals surface area contributed by atoms with E-state index in [9.17, 15) is 19.5 Å². The molecule has 13 heteroatoms. The first-order valence-electron chi connectivity index (χ1n) is 18.7. The molecule has 0 spiro atoms. The Kier molecular flexibility index (Phi) is 18.9. The maximum atomic E-state index is 14.0. The number of carbonyl (C=O) groups excluding carboxylic acids is 1. The molecule has 0 fully saturated rings. The molecule has 54 heavy (non-hydrogen) atoms. The van der Waals surface area contributed by atoms with Crippen molar-refractivity contribution in [1.29, 1.82) is 0 Å². The third kappa shape index (κ3) is 15.1. The molecule has 1 amide bonds. The number of aryl methyl sites for hydroxylation is 3. The van der Waals surface area contributed by atoms with Gasteiger partial charge in [0.15, 0.2) is 0 Å². The molecule has 294 valence electrons. The number of rotatable bonds is 25. The van der Waals surface area contributed by atoms with Gasteiger partial charge in [-0.3, -0.25) is 14.4 Å². The van der Waals surface area contributed by atoms with Crippen LogP contribution in [0.5, 0.6) is 0 Å². The smallest absolute Gasteiger partial charge is 0.305 e. The molecule has 2 atom stereocenters. The zero-order valence-electron chi connectivity index (χ0n) is 32.8. The first-order chi connectivity index (χ1) is 25.9. The fourth-order valence-corrected chi connectivity index (χ4v) is 6.42. The summed E-state index contributed by atoms with van der Waals surface area (Å²) in [5.74, 6) is -1.11. The van der Waals surface area contributed by atoms with Gasteiger partial charge in [-0.05, 0) is 104 Å². The van der Waals surface area contributed by atoms with Crippen LogP contribution in [0, 0.1) is 26.7 Å². The molecule has 0 aliphatic carbocycles. The lowest BCUT2D eigenvalue weighted by Gasteiger charge is -2.25. The second-order valence-electron chi connectivity index (χ2n) is 14.2. The standard InChI is InChI=1S/C41H58N6O7/c1-29(2)10-11-37(41(51)44-36(28-39(49)50)34-8-7-9-35(27-34)40-31(4)24-30(3)25-32(40)5)47-16-13-33(26-38(47)48)12-15-46(6)17-19-53-21-23-54-22-20-52-18-14-43-45-42/h7-9,13,16,24-27,29,36-37H,10-12,14-15,17-23,28H2,1-6H3,(H,44,51)(H,49,50)/t36-,37?/m0/s1. The van der Waals surface area contributed by atoms with Crippen LogP contribution < -0.4 is 10.9 Å². The molecule has 1 aromatic heterocycles. The van der Waals surface area contributed by atoms with Crippen LogP contribution in [-0.4, -0.2) is 92.8 Å². The Morgan fingerprint density at radius 1 is 0.926 bits per heavy atom. The first-order valence-corrected chi connectivity index (χ1v) is 18.7. The van der Waals surface area contributed by atoms with Gasteiger partial charge in [0.2, 0.25) is 5.91 Å². The molecular weight excluding hydrogens is 688 g/mol. The molecule has 1 unspecified atom stereocenters. The van der Waals surface area contributed by atoms with E-state index in [0.29, 0.717) is 90.0 Å². The van der Waals surface area contributed by atoms with Crippen LogP contribution in [-0.2, 0) is 30.2 Å². The summed E-state index contributed by atoms with van der Waals surface area (Å²) in [7, 11) is 1.99. The Hall–Kier alpha value is -4.52. The normalized spacial score (nSPS) is 12.4. The van der Waals surface area contributed by atoms with E-state index < -0.39 is 18.1 Å². The van der Waals surface area contributed by atoms with E-state index in [1.165, 1.54) is 10.1 Å². The number of nitrogens with zero attached hydrogens (tertiary/aromatic N) is 5. The van der Waals surface area contributed by atoms with Gasteiger partial charge in [0.05, 0.1) is 52.1 Å². The summed E-state index contributed by atoms with van der Waals surface area (Å²) >= 11 is 0. The van der Waals surface area contributed by atoms with E-state index >= 15 is 0 Å². The van der Waals surface area contributed by atoms with Crippen molar-refractivity contribution in [3.05, 3.63) is 103 Å². The van der Waals surface area contributed by atoms with Gasteiger partial charge in [0.1, 0.15) is 6.04 Å². The molecule has 0 saturated heterocycles. The molecule has 0 saturated carbocycles. The average molecular weight is 747 g/mol. The van der Waals surface area contributed by atoms with Crippen LogP contribution in [0.15, 0.2) is 64.6 Å². The van der Waals surface area contributed by atoms with Crippen LogP contribution in [0.1, 0.15) is 73.0 Å². The second kappa shape index (κ2) is 23.3. The number of pyridine rings is 1. The van der Waals surface area contributed by atoms with Gasteiger partial charge in [-0.1, -0.05) is 54.9 Å². The highest BCUT2D eigenvalue weighted by Crippen LogP contribution is 2.31. The lowest BCUT2D eigenvalue weighted by atomic mass is 9.91. The summed E-state index contributed by atoms with van der Waals surface area (Å²) in [5, 5.41) is 16.3. The summed E-state index contributed by atoms with van der Waals surface area (Å²) < 4.78 is 17.9. The lowest BCUT2D eigenvalue weighted by molar-refractivity contribution is -0.138. The van der Waals surface area contributed by atoms with Crippen LogP contribution in [0.2, 0.25) is 0 Å². The number of hydrogen-bond acceptors (Lipinski definition) is 8. The Labute approximate surface area is 319 Å². The molecule has 1 heterocycles. The van der Waals surface area contributed by atoms with Crippen molar-refractivity contribution < 1.29 is 28.9 Å². The van der Waals surface area contributed by atoms with Crippen molar-refractivity contribution in [3.63, 3.8) is 0 Å². The highest BCUT2D eigenvalue weighted by Gasteiger charge is 2.27. The van der Waals surface area contributed by atoms with Gasteiger partial charge < -0.3 is 34.1 Å². The van der Waals surface area contributed by atoms with E-state index in [0.717, 1.165) is 27.8 Å². The Bertz CT molecular complexity index is 1730. The van der Waals surface area contributed by atoms with Crippen molar-refractivity contribution in [1.82, 2.24) is 14.8 Å². The fraction of sp³-hybridized carbons (Fsp3) is 0.537. The van der Waals surface area contributed by atoms with Crippen molar-refractivity contribution in [2.24, 2.45) is 11.0 Å². The number of hydrogen-bond donors (Lipinski definition) is 2. The third-order valence-electron chi connectivity index (χ3n) is 9.16. The van der Waals surface area contributed by atoms with Crippen LogP contribution in [0.25, 0.3) is 21.6 Å². The summed E-state index contributed by atoms with van der Waals surface area (Å²) in [5.41, 5.74) is 15.0. The highest BCUT2D eigenvalue weighted by molar-refractivity contribution is 5.82. The number of aliphatic carboxylic acids is 1. The zero-order chi connectivity index (χ0) is 39.5. The number of likely N-dealkylation sites (N-methyl/N-ethyl adjacent to an activating group) is 1. The molecule has 0 bridgehead atoms. The predicted molar refractivity (Wildman–Crippen MR) is 211 cm³/mol. The minimum atomic E-state index is -1.03. The van der Waals surface area contributed by atoms with Crippen LogP contribution >= 0.6 is 0 Å². The molecule has 2 N–H and O–H groups in total. The van der Waals surface area contributed by atoms with E-state index in [-0.39, 0.29) is 17.9 Å². The zero-order valence-corrected chi connectivity index (χ0v) is 32.8. The lowest BCUT2D eigenvalue weighted by Crippen LogP contribution is -2.39. The number of amides is 1. The number of carbonyl (C=O) groups is 2. The van der Waals surface area contributed by atoms with Gasteiger partial charge in [-0.15, -0.1) is 0 Å². The number of aromatic nitrogens is 1. The first kappa shape index (κ1) is 43.9. The topological polar surface area (TPSA) is 168 Å². The van der Waals surface area contributed by atoms with E-state index in [4.69, 9.17) is 19.7 Å². The van der Waals surface area contributed by atoms with Gasteiger partial charge >= 0.3 is 5.97 Å². The van der Waals surface area contributed by atoms with E-state index in [1.807, 2.05) is 37.4 Å². The summed E-state index contributed by atoms with van der Waals surface area (Å²) in [6.07, 6.45) is 3.19. The molecule has 0 aliphatic rings. The quantitative estimate of drug-likeness (QED) is 0.0424. The van der Waals surface area contributed by atoms with E-state index in [2.05, 4.69) is 67.0 Å². The number of azide groups is 1. The molecule has 13 nitrogen and oxygen atoms in total. The van der Waals surface area contributed by atoms with Gasteiger partial charge in [-0.25, -0.2) is 0 Å². The highest BCUT2D eigenvalue weighted by atomic mass is 16.5. The second-order valence-corrected chi connectivity index (χ2v) is 14.2. The Morgan fingerprint density at radius 3 is 2.22 bits per heavy atom. The molecule has 3 aromatic rings. The minimum absolute atomic E-state index is 0.273. The maximum absolute atomic E-state index is 14.0. The molecule has 0 radical (unpaired) electrons. The van der Waals surface area contributed by atoms with Crippen molar-refractivity contribution in [3.8, 4) is 11.1 Å². The summed E-state index contributed by atoms with van der Waals surface area (Å²) in [6, 6.07) is 13.8. The Balaban J connectivity index is 1.61. The van der Waals surface area contributed by atoms with Crippen molar-refractivity contribution in [2.45, 2.75) is 72.4 Å². The number of carboxylic acids is 1. The number of nitrogens with one attached hydrogen (secondary N) is 1. The Morgan fingerprint density at radius 2 is 1.59 bits per heavy atom. The number of ether oxygens (including phenoxy) is 3. The minimum Gasteiger partial charge on any atom is -0.481 e. The number of benzene rings is 2. The van der Waals surface area contributed by atoms with Gasteiger partial charge in [0.25, 0.3) is 5.56 Å². The third-order valence-corrected chi connectivity index (χ3v) is 9.16. The molecule has 2 aromatic carbocycles.